The summed E-state index contributed by atoms with van der Waals surface area (Å²) in [4.78, 5) is 78.0. The zero-order valence-corrected chi connectivity index (χ0v) is 31.6. The zero-order chi connectivity index (χ0) is 39.2. The van der Waals surface area contributed by atoms with Gasteiger partial charge in [0.1, 0.15) is 23.5 Å². The average molecular weight is 755 g/mol. The zero-order valence-electron chi connectivity index (χ0n) is 31.6. The lowest BCUT2D eigenvalue weighted by atomic mass is 10.0. The third-order valence-electron chi connectivity index (χ3n) is 10.8. The number of hydrogen-bond donors (Lipinski definition) is 2. The van der Waals surface area contributed by atoms with Crippen LogP contribution in [0.2, 0.25) is 0 Å². The highest BCUT2D eigenvalue weighted by atomic mass is 19.1. The molecule has 2 amide bonds. The minimum absolute atomic E-state index is 0.0817. The van der Waals surface area contributed by atoms with Gasteiger partial charge in [0.15, 0.2) is 23.3 Å². The van der Waals surface area contributed by atoms with Gasteiger partial charge in [-0.2, -0.15) is 4.39 Å². The Balaban J connectivity index is 0.000000175. The number of anilines is 4. The molecule has 0 spiro atoms. The van der Waals surface area contributed by atoms with E-state index in [9.17, 15) is 18.8 Å². The topological polar surface area (TPSA) is 182 Å². The number of rotatable bonds is 6. The number of halogens is 1. The van der Waals surface area contributed by atoms with Gasteiger partial charge in [0.05, 0.1) is 12.4 Å². The van der Waals surface area contributed by atoms with E-state index in [1.165, 1.54) is 44.0 Å². The number of nitrogens with one attached hydrogen (secondary N) is 1. The van der Waals surface area contributed by atoms with Crippen LogP contribution in [0.15, 0.2) is 53.8 Å². The molecular weight excluding hydrogens is 707 g/mol. The number of nitrogens with zero attached hydrogens (tertiary/aromatic N) is 9. The molecule has 16 heteroatoms. The Morgan fingerprint density at radius 2 is 1.22 bits per heavy atom. The molecule has 4 aromatic heterocycles. The molecule has 0 radical (unpaired) electrons. The summed E-state index contributed by atoms with van der Waals surface area (Å²) >= 11 is 0. The van der Waals surface area contributed by atoms with Crippen molar-refractivity contribution in [2.24, 2.45) is 0 Å². The van der Waals surface area contributed by atoms with E-state index in [1.807, 2.05) is 13.8 Å². The van der Waals surface area contributed by atoms with Crippen molar-refractivity contribution in [2.75, 3.05) is 33.7 Å². The van der Waals surface area contributed by atoms with Gasteiger partial charge in [-0.3, -0.25) is 19.2 Å². The maximum Gasteiger partial charge on any atom is 0.290 e. The van der Waals surface area contributed by atoms with Crippen molar-refractivity contribution in [3.8, 4) is 22.8 Å². The molecule has 2 saturated carbocycles. The fourth-order valence-electron chi connectivity index (χ4n) is 8.17. The first-order chi connectivity index (χ1) is 26.6. The van der Waals surface area contributed by atoms with Crippen LogP contribution in [0.4, 0.5) is 27.4 Å². The average Bonchev–Trinajstić information content (AvgIpc) is 3.93. The molecule has 2 aliphatic carbocycles. The van der Waals surface area contributed by atoms with Gasteiger partial charge in [-0.25, -0.2) is 24.9 Å². The molecule has 55 heavy (non-hydrogen) atoms. The van der Waals surface area contributed by atoms with Gasteiger partial charge in [-0.1, -0.05) is 39.5 Å². The van der Waals surface area contributed by atoms with Crippen LogP contribution in [0.25, 0.3) is 22.8 Å². The molecule has 0 bridgehead atoms. The summed E-state index contributed by atoms with van der Waals surface area (Å²) in [6, 6.07) is 6.54. The van der Waals surface area contributed by atoms with Gasteiger partial charge in [-0.05, 0) is 50.7 Å². The van der Waals surface area contributed by atoms with Crippen molar-refractivity contribution in [1.82, 2.24) is 29.9 Å². The molecular formula is C39H47FN10O5. The third kappa shape index (κ3) is 7.89. The maximum atomic E-state index is 13.5. The first-order valence-corrected chi connectivity index (χ1v) is 18.9. The summed E-state index contributed by atoms with van der Waals surface area (Å²) in [5.74, 6) is 2.15. The Morgan fingerprint density at radius 1 is 0.764 bits per heavy atom. The molecule has 2 atom stereocenters. The number of fused-ring (bicyclic) bond motifs is 2. The second kappa shape index (κ2) is 17.1. The maximum absolute atomic E-state index is 13.5. The molecule has 4 aromatic rings. The Hall–Kier alpha value is -5.80. The van der Waals surface area contributed by atoms with E-state index in [0.29, 0.717) is 40.5 Å². The van der Waals surface area contributed by atoms with E-state index < -0.39 is 5.95 Å². The highest BCUT2D eigenvalue weighted by Gasteiger charge is 2.42. The van der Waals surface area contributed by atoms with Gasteiger partial charge in [-0.15, -0.1) is 0 Å². The SMILES string of the molecule is CC[C@@H]1C(=O)N(C)c2cnc(-c3cc[nH]c(=O)c3)nc2N1C1CCCC1.CC[C@@H]1C(=O)N(C)c2cnc(-c3ccnc(F)c3)nc2N1C1CCCC1.O=CO. The summed E-state index contributed by atoms with van der Waals surface area (Å²) < 4.78 is 13.5. The smallest absolute Gasteiger partial charge is 0.290 e. The van der Waals surface area contributed by atoms with Crippen LogP contribution in [0.1, 0.15) is 78.1 Å². The molecule has 15 nitrogen and oxygen atoms in total. The molecule has 4 aliphatic rings. The van der Waals surface area contributed by atoms with Crippen molar-refractivity contribution in [3.05, 3.63) is 65.4 Å². The van der Waals surface area contributed by atoms with E-state index in [2.05, 4.69) is 29.7 Å². The van der Waals surface area contributed by atoms with Gasteiger partial charge in [0.2, 0.25) is 23.3 Å². The predicted octanol–water partition coefficient (Wildman–Crippen LogP) is 5.22. The largest absolute Gasteiger partial charge is 0.483 e. The Kier molecular flexibility index (Phi) is 12.1. The van der Waals surface area contributed by atoms with Crippen LogP contribution in [0, 0.1) is 5.95 Å². The summed E-state index contributed by atoms with van der Waals surface area (Å²) in [5.41, 5.74) is 2.52. The number of amides is 2. The highest BCUT2D eigenvalue weighted by molar-refractivity contribution is 6.05. The summed E-state index contributed by atoms with van der Waals surface area (Å²) in [6.45, 7) is 3.83. The lowest BCUT2D eigenvalue weighted by Crippen LogP contribution is -2.55. The van der Waals surface area contributed by atoms with Crippen LogP contribution < -0.4 is 25.2 Å². The van der Waals surface area contributed by atoms with Crippen LogP contribution in [-0.4, -0.2) is 91.6 Å². The molecule has 8 rings (SSSR count). The third-order valence-corrected chi connectivity index (χ3v) is 10.8. The first-order valence-electron chi connectivity index (χ1n) is 18.9. The number of H-pyrrole nitrogens is 1. The van der Waals surface area contributed by atoms with Crippen LogP contribution in [-0.2, 0) is 14.4 Å². The Labute approximate surface area is 318 Å². The molecule has 2 N–H and O–H groups in total. The van der Waals surface area contributed by atoms with Crippen molar-refractivity contribution in [1.29, 1.82) is 0 Å². The highest BCUT2D eigenvalue weighted by Crippen LogP contribution is 2.41. The number of carbonyl (C=O) groups is 3. The molecule has 0 saturated heterocycles. The molecule has 290 valence electrons. The van der Waals surface area contributed by atoms with Crippen molar-refractivity contribution < 1.29 is 23.9 Å². The second-order valence-electron chi connectivity index (χ2n) is 14.1. The second-order valence-corrected chi connectivity index (χ2v) is 14.1. The van der Waals surface area contributed by atoms with Gasteiger partial charge in [0, 0.05) is 61.8 Å². The number of carboxylic acid groups (broad SMARTS) is 1. The molecule has 0 unspecified atom stereocenters. The van der Waals surface area contributed by atoms with Gasteiger partial charge in [0.25, 0.3) is 6.47 Å². The van der Waals surface area contributed by atoms with Crippen molar-refractivity contribution in [2.45, 2.75) is 102 Å². The quantitative estimate of drug-likeness (QED) is 0.194. The standard InChI is InChI=1S/C19H22FN5O.C19H23N5O2.CH2O2/c1-3-14-19(26)24(2)15-11-22-17(12-8-9-21-16(20)10-12)23-18(15)25(14)13-6-4-5-7-13;1-3-14-19(26)23(2)15-11-21-17(12-8-9-20-16(25)10-12)22-18(15)24(14)13-6-4-5-7-13;2-1-3/h8-11,13-14H,3-7H2,1-2H3;8-11,13-14H,3-7H2,1-2H3,(H,20,25);1H,(H,2,3)/t2*14-;/m11./s1. The number of hydrogen-bond acceptors (Lipinski definition) is 11. The van der Waals surface area contributed by atoms with E-state index in [0.717, 1.165) is 55.8 Å². The van der Waals surface area contributed by atoms with Gasteiger partial charge >= 0.3 is 0 Å². The normalized spacial score (nSPS) is 19.7. The molecule has 2 aliphatic heterocycles. The molecule has 6 heterocycles. The lowest BCUT2D eigenvalue weighted by molar-refractivity contribution is -0.123. The Bertz CT molecular complexity index is 2070. The minimum Gasteiger partial charge on any atom is -0.483 e. The fourth-order valence-corrected chi connectivity index (χ4v) is 8.17. The Morgan fingerprint density at radius 3 is 1.64 bits per heavy atom. The molecule has 0 aromatic carbocycles. The van der Waals surface area contributed by atoms with Crippen LogP contribution in [0.5, 0.6) is 0 Å². The molecule has 2 fully saturated rings. The van der Waals surface area contributed by atoms with E-state index >= 15 is 0 Å². The summed E-state index contributed by atoms with van der Waals surface area (Å²) in [5, 5.41) is 6.89. The summed E-state index contributed by atoms with van der Waals surface area (Å²) in [6.07, 6.45) is 16.8. The number of aromatic amines is 1. The van der Waals surface area contributed by atoms with Crippen LogP contribution >= 0.6 is 0 Å². The number of aromatic nitrogens is 6. The van der Waals surface area contributed by atoms with Crippen molar-refractivity contribution >= 4 is 41.3 Å². The fraction of sp³-hybridized carbons (Fsp3) is 0.462. The van der Waals surface area contributed by atoms with Crippen LogP contribution in [0.3, 0.4) is 0 Å². The number of likely N-dealkylation sites (N-methyl/N-ethyl adjacent to an activating group) is 2. The number of pyridine rings is 2. The monoisotopic (exact) mass is 754 g/mol. The van der Waals surface area contributed by atoms with Gasteiger partial charge < -0.3 is 29.7 Å². The van der Waals surface area contributed by atoms with E-state index in [1.54, 1.807) is 54.6 Å². The first kappa shape index (κ1) is 38.9. The van der Waals surface area contributed by atoms with E-state index in [4.69, 9.17) is 19.9 Å². The van der Waals surface area contributed by atoms with Crippen molar-refractivity contribution in [3.63, 3.8) is 0 Å². The predicted molar refractivity (Wildman–Crippen MR) is 206 cm³/mol. The van der Waals surface area contributed by atoms with E-state index in [-0.39, 0.29) is 35.9 Å². The minimum atomic E-state index is -0.560. The number of carbonyl (C=O) groups excluding carboxylic acids is 2. The summed E-state index contributed by atoms with van der Waals surface area (Å²) in [7, 11) is 3.55. The lowest BCUT2D eigenvalue weighted by Gasteiger charge is -2.43.